The maximum absolute atomic E-state index is 12.4. The normalized spacial score (nSPS) is 47.1. The van der Waals surface area contributed by atoms with Gasteiger partial charge in [-0.1, -0.05) is 31.6 Å². The molecular formula is C30H40N2O2. The zero-order chi connectivity index (χ0) is 23.3. The van der Waals surface area contributed by atoms with Crippen molar-refractivity contribution in [2.45, 2.75) is 69.9 Å². The zero-order valence-corrected chi connectivity index (χ0v) is 21.1. The third kappa shape index (κ3) is 2.55. The molecule has 1 aromatic rings. The van der Waals surface area contributed by atoms with Gasteiger partial charge in [-0.25, -0.2) is 0 Å². The number of benzene rings is 1. The summed E-state index contributed by atoms with van der Waals surface area (Å²) < 4.78 is 6.33. The molecule has 6 bridgehead atoms. The lowest BCUT2D eigenvalue weighted by atomic mass is 9.41. The Morgan fingerprint density at radius 3 is 2.74 bits per heavy atom. The van der Waals surface area contributed by atoms with E-state index in [1.807, 2.05) is 0 Å². The summed E-state index contributed by atoms with van der Waals surface area (Å²) in [4.78, 5) is 7.44. The zero-order valence-electron chi connectivity index (χ0n) is 21.1. The highest BCUT2D eigenvalue weighted by Crippen LogP contribution is 2.82. The number of aliphatic imine (C=N–C) groups is 1. The summed E-state index contributed by atoms with van der Waals surface area (Å²) in [7, 11) is 4.23. The molecule has 4 fully saturated rings. The van der Waals surface area contributed by atoms with Gasteiger partial charge in [0.25, 0.3) is 0 Å². The van der Waals surface area contributed by atoms with Crippen LogP contribution in [0.25, 0.3) is 0 Å². The van der Waals surface area contributed by atoms with Gasteiger partial charge in [-0.05, 0) is 100 Å². The van der Waals surface area contributed by atoms with Crippen molar-refractivity contribution in [3.63, 3.8) is 0 Å². The van der Waals surface area contributed by atoms with Crippen LogP contribution in [-0.2, 0) is 6.42 Å². The number of ether oxygens (including phenoxy) is 1. The molecule has 8 rings (SSSR count). The number of aliphatic hydroxyl groups is 1. The van der Waals surface area contributed by atoms with Crippen LogP contribution in [-0.4, -0.2) is 55.1 Å². The topological polar surface area (TPSA) is 45.1 Å². The highest BCUT2D eigenvalue weighted by Gasteiger charge is 2.82. The summed E-state index contributed by atoms with van der Waals surface area (Å²) in [5, 5.41) is 12.4. The molecule has 2 spiro atoms. The molecule has 0 aromatic heterocycles. The summed E-state index contributed by atoms with van der Waals surface area (Å²) in [6.07, 6.45) is 14.2. The molecule has 4 nitrogen and oxygen atoms in total. The maximum Gasteiger partial charge on any atom is 0.119 e. The van der Waals surface area contributed by atoms with Gasteiger partial charge in [0.15, 0.2) is 0 Å². The van der Waals surface area contributed by atoms with Crippen LogP contribution in [0.4, 0.5) is 0 Å². The first-order valence-electron chi connectivity index (χ1n) is 13.7. The van der Waals surface area contributed by atoms with Gasteiger partial charge in [-0.3, -0.25) is 4.99 Å². The molecule has 182 valence electrons. The van der Waals surface area contributed by atoms with Crippen LogP contribution >= 0.6 is 0 Å². The largest absolute Gasteiger partial charge is 0.489 e. The van der Waals surface area contributed by atoms with Crippen LogP contribution in [0.5, 0.6) is 5.75 Å². The van der Waals surface area contributed by atoms with Crippen LogP contribution in [0.3, 0.4) is 0 Å². The van der Waals surface area contributed by atoms with Gasteiger partial charge in [-0.15, -0.1) is 0 Å². The average Bonchev–Trinajstić information content (AvgIpc) is 2.87. The number of rotatable bonds is 6. The van der Waals surface area contributed by atoms with Gasteiger partial charge in [0.2, 0.25) is 0 Å². The van der Waals surface area contributed by atoms with Crippen LogP contribution in [0.15, 0.2) is 40.9 Å². The van der Waals surface area contributed by atoms with Crippen LogP contribution in [0.1, 0.15) is 57.4 Å². The van der Waals surface area contributed by atoms with Crippen molar-refractivity contribution in [1.29, 1.82) is 0 Å². The Hall–Kier alpha value is -1.65. The van der Waals surface area contributed by atoms with E-state index in [0.29, 0.717) is 24.4 Å². The second-order valence-corrected chi connectivity index (χ2v) is 13.1. The second-order valence-electron chi connectivity index (χ2n) is 13.1. The molecule has 0 radical (unpaired) electrons. The molecule has 34 heavy (non-hydrogen) atoms. The van der Waals surface area contributed by atoms with Crippen molar-refractivity contribution < 1.29 is 9.84 Å². The van der Waals surface area contributed by atoms with Gasteiger partial charge in [0, 0.05) is 29.0 Å². The molecule has 7 aliphatic rings. The Kier molecular flexibility index (Phi) is 4.43. The molecule has 1 heterocycles. The molecule has 6 aliphatic carbocycles. The van der Waals surface area contributed by atoms with Gasteiger partial charge in [-0.2, -0.15) is 0 Å². The lowest BCUT2D eigenvalue weighted by Gasteiger charge is -2.63. The quantitative estimate of drug-likeness (QED) is 0.614. The SMILES string of the molecule is CN(C)CCc1ccc(OCC2=C[C@]34CC[C@H]5[C@]67CCC[C@@]5(C)C=NC6[C@@]3(O)C[C@H]2C[C@@H]74)cc1. The van der Waals surface area contributed by atoms with Crippen molar-refractivity contribution in [3.8, 4) is 5.75 Å². The summed E-state index contributed by atoms with van der Waals surface area (Å²) in [5.41, 5.74) is 2.54. The molecule has 1 aliphatic heterocycles. The minimum atomic E-state index is -0.651. The number of nitrogens with zero attached hydrogens (tertiary/aromatic N) is 2. The highest BCUT2D eigenvalue weighted by atomic mass is 16.5. The van der Waals surface area contributed by atoms with E-state index in [1.165, 1.54) is 43.2 Å². The van der Waals surface area contributed by atoms with Crippen molar-refractivity contribution in [2.24, 2.45) is 39.0 Å². The Bertz CT molecular complexity index is 1060. The predicted molar refractivity (Wildman–Crippen MR) is 135 cm³/mol. The molecule has 1 N–H and O–H groups in total. The minimum Gasteiger partial charge on any atom is -0.489 e. The van der Waals surface area contributed by atoms with E-state index in [-0.39, 0.29) is 22.3 Å². The summed E-state index contributed by atoms with van der Waals surface area (Å²) in [5.74, 6) is 2.71. The van der Waals surface area contributed by atoms with Crippen LogP contribution in [0, 0.1) is 34.0 Å². The fourth-order valence-electron chi connectivity index (χ4n) is 10.1. The molecule has 0 amide bonds. The first-order valence-corrected chi connectivity index (χ1v) is 13.7. The number of hydrogen-bond acceptors (Lipinski definition) is 4. The van der Waals surface area contributed by atoms with Crippen LogP contribution in [0.2, 0.25) is 0 Å². The van der Waals surface area contributed by atoms with Gasteiger partial charge in [0.1, 0.15) is 12.4 Å². The van der Waals surface area contributed by atoms with E-state index >= 15 is 0 Å². The smallest absolute Gasteiger partial charge is 0.119 e. The predicted octanol–water partition coefficient (Wildman–Crippen LogP) is 4.91. The maximum atomic E-state index is 12.4. The summed E-state index contributed by atoms with van der Waals surface area (Å²) in [6.45, 7) is 4.18. The molecule has 4 saturated carbocycles. The summed E-state index contributed by atoms with van der Waals surface area (Å²) in [6, 6.07) is 8.76. The summed E-state index contributed by atoms with van der Waals surface area (Å²) >= 11 is 0. The first kappa shape index (κ1) is 21.6. The molecule has 8 atom stereocenters. The molecule has 0 saturated heterocycles. The lowest BCUT2D eigenvalue weighted by Crippen LogP contribution is -2.59. The number of likely N-dealkylation sites (N-methyl/N-ethyl adjacent to an activating group) is 1. The monoisotopic (exact) mass is 460 g/mol. The van der Waals surface area contributed by atoms with E-state index in [2.05, 4.69) is 62.5 Å². The Balaban J connectivity index is 1.16. The molecule has 1 aromatic carbocycles. The van der Waals surface area contributed by atoms with E-state index in [9.17, 15) is 5.11 Å². The average molecular weight is 461 g/mol. The molecular weight excluding hydrogens is 420 g/mol. The van der Waals surface area contributed by atoms with Gasteiger partial charge < -0.3 is 14.7 Å². The van der Waals surface area contributed by atoms with E-state index in [1.54, 1.807) is 0 Å². The highest BCUT2D eigenvalue weighted by molar-refractivity contribution is 5.70. The fourth-order valence-corrected chi connectivity index (χ4v) is 10.1. The van der Waals surface area contributed by atoms with Gasteiger partial charge >= 0.3 is 0 Å². The van der Waals surface area contributed by atoms with E-state index in [0.717, 1.165) is 31.6 Å². The van der Waals surface area contributed by atoms with Crippen molar-refractivity contribution in [3.05, 3.63) is 41.5 Å². The Morgan fingerprint density at radius 1 is 1.12 bits per heavy atom. The fraction of sp³-hybridized carbons (Fsp3) is 0.700. The van der Waals surface area contributed by atoms with Crippen molar-refractivity contribution in [2.75, 3.05) is 27.2 Å². The van der Waals surface area contributed by atoms with E-state index < -0.39 is 5.60 Å². The lowest BCUT2D eigenvalue weighted by molar-refractivity contribution is -0.133. The first-order chi connectivity index (χ1) is 16.3. The second kappa shape index (κ2) is 6.97. The third-order valence-corrected chi connectivity index (χ3v) is 11.4. The Labute approximate surface area is 204 Å². The van der Waals surface area contributed by atoms with Crippen molar-refractivity contribution >= 4 is 6.21 Å². The standard InChI is InChI=1S/C30H40N2O2/c1-27-11-4-12-29-24(27)9-13-28-16-22(18-34-23-7-5-20(6-8-23)10-14-32(2)3)21(15-25(28)29)17-30(28,33)26(29)31-19-27/h5-8,16,19,21,24-26,33H,4,9-15,17-18H2,1-3H3/t21-,24-,25-,26?,27+,28+,29+,30+/m1/s1. The molecule has 1 unspecified atom stereocenters. The Morgan fingerprint density at radius 2 is 1.94 bits per heavy atom. The minimum absolute atomic E-state index is 0.0857. The molecule has 4 heteroatoms. The number of hydrogen-bond donors (Lipinski definition) is 1. The third-order valence-electron chi connectivity index (χ3n) is 11.4. The van der Waals surface area contributed by atoms with Crippen molar-refractivity contribution in [1.82, 2.24) is 4.90 Å². The van der Waals surface area contributed by atoms with Crippen LogP contribution < -0.4 is 4.74 Å². The van der Waals surface area contributed by atoms with E-state index in [4.69, 9.17) is 9.73 Å². The van der Waals surface area contributed by atoms with Gasteiger partial charge in [0.05, 0.1) is 11.6 Å².